The molecule has 0 unspecified atom stereocenters. The Hall–Kier alpha value is -1.76. The highest BCUT2D eigenvalue weighted by Gasteiger charge is 2.12. The molecule has 1 aromatic rings. The number of carboxylic acids is 1. The molecule has 7 heteroatoms. The lowest BCUT2D eigenvalue weighted by molar-refractivity contribution is -0.133. The fourth-order valence-electron chi connectivity index (χ4n) is 1.58. The summed E-state index contributed by atoms with van der Waals surface area (Å²) in [6.45, 7) is 3.91. The number of hydrogen-bond acceptors (Lipinski definition) is 4. The monoisotopic (exact) mass is 314 g/mol. The first-order chi connectivity index (χ1) is 9.81. The fraction of sp³-hybridized carbons (Fsp3) is 0.429. The van der Waals surface area contributed by atoms with Crippen LogP contribution in [0.4, 0.5) is 15.8 Å². The number of nitrogens with one attached hydrogen (secondary N) is 1. The second-order valence-corrected chi connectivity index (χ2v) is 5.79. The van der Waals surface area contributed by atoms with Gasteiger partial charge < -0.3 is 15.3 Å². The summed E-state index contributed by atoms with van der Waals surface area (Å²) >= 11 is 0.991. The van der Waals surface area contributed by atoms with E-state index in [0.29, 0.717) is 11.4 Å². The molecule has 0 spiro atoms. The maximum atomic E-state index is 14.0. The summed E-state index contributed by atoms with van der Waals surface area (Å²) < 4.78 is 14.0. The van der Waals surface area contributed by atoms with Crippen molar-refractivity contribution in [1.29, 1.82) is 0 Å². The van der Waals surface area contributed by atoms with Gasteiger partial charge in [0.1, 0.15) is 5.82 Å². The summed E-state index contributed by atoms with van der Waals surface area (Å²) in [6.07, 6.45) is 0. The third-order valence-electron chi connectivity index (χ3n) is 2.84. The third kappa shape index (κ3) is 5.63. The van der Waals surface area contributed by atoms with Crippen molar-refractivity contribution in [1.82, 2.24) is 0 Å². The van der Waals surface area contributed by atoms with Crippen molar-refractivity contribution in [2.75, 3.05) is 28.8 Å². The van der Waals surface area contributed by atoms with E-state index in [1.54, 1.807) is 24.1 Å². The van der Waals surface area contributed by atoms with Crippen LogP contribution in [-0.4, -0.2) is 41.6 Å². The number of halogens is 1. The van der Waals surface area contributed by atoms with E-state index in [0.717, 1.165) is 11.8 Å². The van der Waals surface area contributed by atoms with Gasteiger partial charge in [0.05, 0.1) is 17.2 Å². The highest BCUT2D eigenvalue weighted by atomic mass is 32.2. The number of aliphatic carboxylic acids is 1. The van der Waals surface area contributed by atoms with Gasteiger partial charge in [0.15, 0.2) is 0 Å². The van der Waals surface area contributed by atoms with Gasteiger partial charge in [-0.3, -0.25) is 9.59 Å². The lowest BCUT2D eigenvalue weighted by Crippen LogP contribution is -2.26. The molecular weight excluding hydrogens is 295 g/mol. The lowest BCUT2D eigenvalue weighted by Gasteiger charge is -2.24. The number of anilines is 2. The molecule has 0 aliphatic carbocycles. The van der Waals surface area contributed by atoms with Crippen LogP contribution in [0, 0.1) is 5.82 Å². The van der Waals surface area contributed by atoms with E-state index in [1.807, 2.05) is 13.8 Å². The summed E-state index contributed by atoms with van der Waals surface area (Å²) in [7, 11) is 1.80. The van der Waals surface area contributed by atoms with Gasteiger partial charge in [-0.25, -0.2) is 4.39 Å². The zero-order chi connectivity index (χ0) is 16.0. The summed E-state index contributed by atoms with van der Waals surface area (Å²) in [5.41, 5.74) is 0.817. The molecule has 1 rings (SSSR count). The summed E-state index contributed by atoms with van der Waals surface area (Å²) in [6, 6.07) is 4.65. The van der Waals surface area contributed by atoms with E-state index < -0.39 is 11.8 Å². The Bertz CT molecular complexity index is 523. The molecule has 0 aliphatic heterocycles. The Morgan fingerprint density at radius 2 is 2.05 bits per heavy atom. The predicted molar refractivity (Wildman–Crippen MR) is 83.5 cm³/mol. The molecule has 0 radical (unpaired) electrons. The molecule has 0 heterocycles. The Morgan fingerprint density at radius 3 is 2.57 bits per heavy atom. The van der Waals surface area contributed by atoms with Crippen LogP contribution in [0.15, 0.2) is 18.2 Å². The van der Waals surface area contributed by atoms with Gasteiger partial charge in [0.2, 0.25) is 5.91 Å². The number of nitrogens with zero attached hydrogens (tertiary/aromatic N) is 1. The number of benzene rings is 1. The molecule has 116 valence electrons. The Kier molecular flexibility index (Phi) is 6.48. The molecule has 1 amide bonds. The van der Waals surface area contributed by atoms with Crippen LogP contribution in [0.5, 0.6) is 0 Å². The molecule has 5 nitrogen and oxygen atoms in total. The largest absolute Gasteiger partial charge is 0.481 e. The van der Waals surface area contributed by atoms with E-state index in [1.165, 1.54) is 6.07 Å². The van der Waals surface area contributed by atoms with Crippen LogP contribution < -0.4 is 10.2 Å². The molecule has 0 aromatic heterocycles. The maximum absolute atomic E-state index is 14.0. The Labute approximate surface area is 127 Å². The standard InChI is InChI=1S/C14H19FN2O3S/c1-9(2)17(3)12-5-4-10(6-11(12)15)16-13(18)7-21-8-14(19)20/h4-6,9H,7-8H2,1-3H3,(H,16,18)(H,19,20). The Balaban J connectivity index is 2.63. The average Bonchev–Trinajstić information content (AvgIpc) is 2.37. The number of carbonyl (C=O) groups is 2. The average molecular weight is 314 g/mol. The van der Waals surface area contributed by atoms with Crippen molar-refractivity contribution < 1.29 is 19.1 Å². The van der Waals surface area contributed by atoms with Crippen molar-refractivity contribution in [3.63, 3.8) is 0 Å². The molecule has 21 heavy (non-hydrogen) atoms. The van der Waals surface area contributed by atoms with Gasteiger partial charge in [0, 0.05) is 18.8 Å². The maximum Gasteiger partial charge on any atom is 0.313 e. The first-order valence-corrected chi connectivity index (χ1v) is 7.58. The van der Waals surface area contributed by atoms with Gasteiger partial charge in [-0.2, -0.15) is 0 Å². The minimum Gasteiger partial charge on any atom is -0.481 e. The normalized spacial score (nSPS) is 10.5. The summed E-state index contributed by atoms with van der Waals surface area (Å²) in [5.74, 6) is -1.87. The van der Waals surface area contributed by atoms with Gasteiger partial charge in [-0.15, -0.1) is 11.8 Å². The fourth-order valence-corrected chi connectivity index (χ4v) is 2.11. The molecule has 2 N–H and O–H groups in total. The van der Waals surface area contributed by atoms with Crippen LogP contribution in [0.25, 0.3) is 0 Å². The quantitative estimate of drug-likeness (QED) is 0.809. The second-order valence-electron chi connectivity index (χ2n) is 4.81. The number of thioether (sulfide) groups is 1. The van der Waals surface area contributed by atoms with Crippen molar-refractivity contribution >= 4 is 35.0 Å². The minimum atomic E-state index is -0.972. The Morgan fingerprint density at radius 1 is 1.38 bits per heavy atom. The van der Waals surface area contributed by atoms with Gasteiger partial charge >= 0.3 is 5.97 Å². The smallest absolute Gasteiger partial charge is 0.313 e. The predicted octanol–water partition coefficient (Wildman–Crippen LogP) is 2.43. The molecule has 0 atom stereocenters. The summed E-state index contributed by atoms with van der Waals surface area (Å²) in [4.78, 5) is 23.7. The van der Waals surface area contributed by atoms with E-state index in [-0.39, 0.29) is 23.5 Å². The number of hydrogen-bond donors (Lipinski definition) is 2. The summed E-state index contributed by atoms with van der Waals surface area (Å²) in [5, 5.41) is 11.0. The van der Waals surface area contributed by atoms with Gasteiger partial charge in [-0.05, 0) is 32.0 Å². The molecule has 0 bridgehead atoms. The zero-order valence-corrected chi connectivity index (χ0v) is 13.0. The number of carbonyl (C=O) groups excluding carboxylic acids is 1. The van der Waals surface area contributed by atoms with Crippen LogP contribution in [0.3, 0.4) is 0 Å². The highest BCUT2D eigenvalue weighted by Crippen LogP contribution is 2.23. The topological polar surface area (TPSA) is 69.6 Å². The van der Waals surface area contributed by atoms with E-state index >= 15 is 0 Å². The molecular formula is C14H19FN2O3S. The van der Waals surface area contributed by atoms with Crippen LogP contribution >= 0.6 is 11.8 Å². The van der Waals surface area contributed by atoms with Crippen molar-refractivity contribution in [2.24, 2.45) is 0 Å². The third-order valence-corrected chi connectivity index (χ3v) is 3.76. The SMILES string of the molecule is CC(C)N(C)c1ccc(NC(=O)CSCC(=O)O)cc1F. The molecule has 1 aromatic carbocycles. The minimum absolute atomic E-state index is 0.0154. The van der Waals surface area contributed by atoms with Crippen molar-refractivity contribution in [2.45, 2.75) is 19.9 Å². The van der Waals surface area contributed by atoms with E-state index in [2.05, 4.69) is 5.32 Å². The van der Waals surface area contributed by atoms with E-state index in [4.69, 9.17) is 5.11 Å². The van der Waals surface area contributed by atoms with Gasteiger partial charge in [0.25, 0.3) is 0 Å². The first kappa shape index (κ1) is 17.3. The number of carboxylic acid groups (broad SMARTS) is 1. The first-order valence-electron chi connectivity index (χ1n) is 6.43. The lowest BCUT2D eigenvalue weighted by atomic mass is 10.2. The van der Waals surface area contributed by atoms with E-state index in [9.17, 15) is 14.0 Å². The van der Waals surface area contributed by atoms with Crippen LogP contribution in [0.2, 0.25) is 0 Å². The number of rotatable bonds is 7. The van der Waals surface area contributed by atoms with Crippen LogP contribution in [0.1, 0.15) is 13.8 Å². The van der Waals surface area contributed by atoms with Gasteiger partial charge in [-0.1, -0.05) is 0 Å². The second kappa shape index (κ2) is 7.87. The van der Waals surface area contributed by atoms with Crippen molar-refractivity contribution in [3.8, 4) is 0 Å². The molecule has 0 aliphatic rings. The zero-order valence-electron chi connectivity index (χ0n) is 12.2. The van der Waals surface area contributed by atoms with Crippen LogP contribution in [-0.2, 0) is 9.59 Å². The molecule has 0 saturated heterocycles. The molecule has 0 fully saturated rings. The molecule has 0 saturated carbocycles. The number of amides is 1. The van der Waals surface area contributed by atoms with Crippen molar-refractivity contribution in [3.05, 3.63) is 24.0 Å². The highest BCUT2D eigenvalue weighted by molar-refractivity contribution is 8.00.